The second-order valence-corrected chi connectivity index (χ2v) is 5.35. The quantitative estimate of drug-likeness (QED) is 0.734. The molecule has 0 bridgehead atoms. The number of carbonyl (C=O) groups is 1. The fraction of sp³-hybridized carbons (Fsp3) is 0.333. The average molecular weight is 306 g/mol. The van der Waals surface area contributed by atoms with Crippen LogP contribution in [0.4, 0.5) is 5.13 Å². The molecule has 0 amide bonds. The van der Waals surface area contributed by atoms with Crippen molar-refractivity contribution in [3.63, 3.8) is 0 Å². The third-order valence-electron chi connectivity index (χ3n) is 2.84. The maximum absolute atomic E-state index is 10.6. The first-order chi connectivity index (χ1) is 10.2. The molecule has 0 aliphatic carbocycles. The van der Waals surface area contributed by atoms with Crippen LogP contribution < -0.4 is 10.1 Å². The van der Waals surface area contributed by atoms with Gasteiger partial charge in [-0.25, -0.2) is 4.98 Å². The first-order valence-electron chi connectivity index (χ1n) is 6.79. The maximum Gasteiger partial charge on any atom is 0.309 e. The van der Waals surface area contributed by atoms with Gasteiger partial charge >= 0.3 is 5.97 Å². The number of anilines is 1. The summed E-state index contributed by atoms with van der Waals surface area (Å²) in [6, 6.07) is 8.03. The van der Waals surface area contributed by atoms with Crippen molar-refractivity contribution in [3.8, 4) is 5.75 Å². The van der Waals surface area contributed by atoms with Crippen LogP contribution in [0.3, 0.4) is 0 Å². The molecule has 1 heterocycles. The Morgan fingerprint density at radius 2 is 2.33 bits per heavy atom. The lowest BCUT2D eigenvalue weighted by Gasteiger charge is -2.07. The third kappa shape index (κ3) is 5.07. The molecule has 0 spiro atoms. The van der Waals surface area contributed by atoms with Crippen molar-refractivity contribution < 1.29 is 14.6 Å². The van der Waals surface area contributed by atoms with Gasteiger partial charge in [0.05, 0.1) is 18.7 Å². The van der Waals surface area contributed by atoms with Crippen LogP contribution in [0.15, 0.2) is 29.6 Å². The Bertz CT molecular complexity index is 598. The molecule has 1 aromatic carbocycles. The van der Waals surface area contributed by atoms with Crippen molar-refractivity contribution in [1.82, 2.24) is 4.98 Å². The lowest BCUT2D eigenvalue weighted by atomic mass is 10.2. The molecule has 21 heavy (non-hydrogen) atoms. The monoisotopic (exact) mass is 306 g/mol. The standard InChI is InChI=1S/C15H18N2O3S/c1-2-11-4-3-5-13(8-11)20-7-6-16-15-17-12(10-21-15)9-14(18)19/h3-5,8,10H,2,6-7,9H2,1H3,(H,16,17)(H,18,19). The van der Waals surface area contributed by atoms with Crippen LogP contribution in [0.1, 0.15) is 18.2 Å². The van der Waals surface area contributed by atoms with Crippen LogP contribution in [0.2, 0.25) is 0 Å². The van der Waals surface area contributed by atoms with Crippen LogP contribution in [-0.2, 0) is 17.6 Å². The number of carboxylic acids is 1. The van der Waals surface area contributed by atoms with E-state index in [4.69, 9.17) is 9.84 Å². The molecule has 0 unspecified atom stereocenters. The van der Waals surface area contributed by atoms with Gasteiger partial charge in [0.2, 0.25) is 0 Å². The van der Waals surface area contributed by atoms with Crippen LogP contribution in [0, 0.1) is 0 Å². The van der Waals surface area contributed by atoms with E-state index in [1.807, 2.05) is 18.2 Å². The molecule has 0 atom stereocenters. The highest BCUT2D eigenvalue weighted by Crippen LogP contribution is 2.16. The van der Waals surface area contributed by atoms with Gasteiger partial charge in [0.15, 0.2) is 5.13 Å². The van der Waals surface area contributed by atoms with E-state index < -0.39 is 5.97 Å². The first kappa shape index (κ1) is 15.3. The summed E-state index contributed by atoms with van der Waals surface area (Å²) in [6.45, 7) is 3.26. The highest BCUT2D eigenvalue weighted by Gasteiger charge is 2.05. The summed E-state index contributed by atoms with van der Waals surface area (Å²) in [5.41, 5.74) is 1.82. The zero-order valence-corrected chi connectivity index (χ0v) is 12.7. The van der Waals surface area contributed by atoms with Crippen molar-refractivity contribution in [3.05, 3.63) is 40.9 Å². The first-order valence-corrected chi connectivity index (χ1v) is 7.67. The third-order valence-corrected chi connectivity index (χ3v) is 3.69. The summed E-state index contributed by atoms with van der Waals surface area (Å²) in [5, 5.41) is 14.3. The predicted octanol–water partition coefficient (Wildman–Crippen LogP) is 2.82. The number of benzene rings is 1. The molecular formula is C15H18N2O3S. The number of aryl methyl sites for hydroxylation is 1. The molecule has 0 saturated heterocycles. The zero-order chi connectivity index (χ0) is 15.1. The molecule has 2 N–H and O–H groups in total. The summed E-state index contributed by atoms with van der Waals surface area (Å²) in [7, 11) is 0. The van der Waals surface area contributed by atoms with Crippen molar-refractivity contribution in [2.24, 2.45) is 0 Å². The Hall–Kier alpha value is -2.08. The van der Waals surface area contributed by atoms with Crippen molar-refractivity contribution >= 4 is 22.4 Å². The molecule has 1 aromatic heterocycles. The van der Waals surface area contributed by atoms with Crippen LogP contribution in [-0.4, -0.2) is 29.2 Å². The van der Waals surface area contributed by atoms with E-state index in [0.29, 0.717) is 18.8 Å². The molecule has 0 fully saturated rings. The van der Waals surface area contributed by atoms with Crippen molar-refractivity contribution in [1.29, 1.82) is 0 Å². The van der Waals surface area contributed by atoms with Gasteiger partial charge in [0.25, 0.3) is 0 Å². The minimum absolute atomic E-state index is 0.0432. The number of nitrogens with one attached hydrogen (secondary N) is 1. The van der Waals surface area contributed by atoms with E-state index in [-0.39, 0.29) is 6.42 Å². The lowest BCUT2D eigenvalue weighted by molar-refractivity contribution is -0.136. The second-order valence-electron chi connectivity index (χ2n) is 4.49. The van der Waals surface area contributed by atoms with Crippen molar-refractivity contribution in [2.75, 3.05) is 18.5 Å². The predicted molar refractivity (Wildman–Crippen MR) is 83.3 cm³/mol. The van der Waals surface area contributed by atoms with Gasteiger partial charge in [-0.1, -0.05) is 19.1 Å². The van der Waals surface area contributed by atoms with E-state index in [2.05, 4.69) is 23.3 Å². The molecule has 0 radical (unpaired) electrons. The summed E-state index contributed by atoms with van der Waals surface area (Å²) >= 11 is 1.40. The normalized spacial score (nSPS) is 10.3. The molecule has 0 saturated carbocycles. The Kier molecular flexibility index (Phi) is 5.57. The smallest absolute Gasteiger partial charge is 0.309 e. The highest BCUT2D eigenvalue weighted by molar-refractivity contribution is 7.13. The SMILES string of the molecule is CCc1cccc(OCCNc2nc(CC(=O)O)cs2)c1. The van der Waals surface area contributed by atoms with Gasteiger partial charge in [0, 0.05) is 5.38 Å². The molecule has 6 heteroatoms. The van der Waals surface area contributed by atoms with E-state index in [0.717, 1.165) is 17.3 Å². The average Bonchev–Trinajstić information content (AvgIpc) is 2.90. The summed E-state index contributed by atoms with van der Waals surface area (Å²) in [5.74, 6) is -0.00663. The van der Waals surface area contributed by atoms with Crippen LogP contribution in [0.5, 0.6) is 5.75 Å². The molecular weight excluding hydrogens is 288 g/mol. The van der Waals surface area contributed by atoms with Gasteiger partial charge < -0.3 is 15.2 Å². The van der Waals surface area contributed by atoms with Gasteiger partial charge in [-0.3, -0.25) is 4.79 Å². The number of nitrogens with zero attached hydrogens (tertiary/aromatic N) is 1. The van der Waals surface area contributed by atoms with Crippen LogP contribution in [0.25, 0.3) is 0 Å². The van der Waals surface area contributed by atoms with Gasteiger partial charge in [-0.2, -0.15) is 0 Å². The van der Waals surface area contributed by atoms with E-state index in [9.17, 15) is 4.79 Å². The largest absolute Gasteiger partial charge is 0.492 e. The zero-order valence-electron chi connectivity index (χ0n) is 11.8. The number of hydrogen-bond acceptors (Lipinski definition) is 5. The van der Waals surface area contributed by atoms with E-state index >= 15 is 0 Å². The molecule has 112 valence electrons. The Morgan fingerprint density at radius 1 is 1.48 bits per heavy atom. The second kappa shape index (κ2) is 7.64. The van der Waals surface area contributed by atoms with E-state index in [1.54, 1.807) is 5.38 Å². The lowest BCUT2D eigenvalue weighted by Crippen LogP contribution is -2.11. The van der Waals surface area contributed by atoms with Gasteiger partial charge in [-0.05, 0) is 24.1 Å². The summed E-state index contributed by atoms with van der Waals surface area (Å²) < 4.78 is 5.66. The number of carboxylic acid groups (broad SMARTS) is 1. The topological polar surface area (TPSA) is 71.5 Å². The molecule has 0 aliphatic rings. The van der Waals surface area contributed by atoms with Gasteiger partial charge in [0.1, 0.15) is 12.4 Å². The Labute approximate surface area is 127 Å². The minimum atomic E-state index is -0.869. The fourth-order valence-corrected chi connectivity index (χ4v) is 2.55. The van der Waals surface area contributed by atoms with E-state index in [1.165, 1.54) is 16.9 Å². The number of aromatic nitrogens is 1. The molecule has 5 nitrogen and oxygen atoms in total. The highest BCUT2D eigenvalue weighted by atomic mass is 32.1. The van der Waals surface area contributed by atoms with Crippen molar-refractivity contribution in [2.45, 2.75) is 19.8 Å². The number of aliphatic carboxylic acids is 1. The number of rotatable bonds is 8. The number of ether oxygens (including phenoxy) is 1. The fourth-order valence-electron chi connectivity index (χ4n) is 1.81. The summed E-state index contributed by atoms with van der Waals surface area (Å²) in [4.78, 5) is 14.8. The van der Waals surface area contributed by atoms with Gasteiger partial charge in [-0.15, -0.1) is 11.3 Å². The Morgan fingerprint density at radius 3 is 3.10 bits per heavy atom. The number of thiazole rings is 1. The minimum Gasteiger partial charge on any atom is -0.492 e. The molecule has 2 rings (SSSR count). The summed E-state index contributed by atoms with van der Waals surface area (Å²) in [6.07, 6.45) is 0.944. The maximum atomic E-state index is 10.6. The Balaban J connectivity index is 1.74. The number of hydrogen-bond donors (Lipinski definition) is 2. The molecule has 0 aliphatic heterocycles. The van der Waals surface area contributed by atoms with Crippen LogP contribution >= 0.6 is 11.3 Å². The molecule has 2 aromatic rings.